The number of aromatic nitrogens is 1. The van der Waals surface area contributed by atoms with Gasteiger partial charge in [-0.1, -0.05) is 39.0 Å². The van der Waals surface area contributed by atoms with Crippen LogP contribution in [0.4, 0.5) is 0 Å². The van der Waals surface area contributed by atoms with Gasteiger partial charge in [0, 0.05) is 56.3 Å². The monoisotopic (exact) mass is 944 g/mol. The predicted molar refractivity (Wildman–Crippen MR) is 249 cm³/mol. The first-order chi connectivity index (χ1) is 31.4. The Kier molecular flexibility index (Phi) is 18.2. The molecule has 1 aromatic heterocycles. The lowest BCUT2D eigenvalue weighted by Gasteiger charge is -2.49. The van der Waals surface area contributed by atoms with E-state index in [1.54, 1.807) is 46.9 Å². The lowest BCUT2D eigenvalue weighted by molar-refractivity contribution is -0.319. The first-order valence-electron chi connectivity index (χ1n) is 23.6. The zero-order valence-corrected chi connectivity index (χ0v) is 41.8. The maximum Gasteiger partial charge on any atom is 0.331 e. The second-order valence-corrected chi connectivity index (χ2v) is 19.9. The van der Waals surface area contributed by atoms with Crippen LogP contribution < -0.4 is 5.32 Å². The van der Waals surface area contributed by atoms with Crippen molar-refractivity contribution in [3.63, 3.8) is 0 Å². The van der Waals surface area contributed by atoms with E-state index in [1.165, 1.54) is 34.1 Å². The number of fused-ring (bicyclic) bond motifs is 1. The highest BCUT2D eigenvalue weighted by Gasteiger charge is 2.54. The van der Waals surface area contributed by atoms with Gasteiger partial charge in [0.15, 0.2) is 18.7 Å². The van der Waals surface area contributed by atoms with Crippen LogP contribution in [-0.4, -0.2) is 162 Å². The maximum absolute atomic E-state index is 14.6. The highest BCUT2D eigenvalue weighted by molar-refractivity contribution is 5.93. The highest BCUT2D eigenvalue weighted by atomic mass is 16.7. The van der Waals surface area contributed by atoms with E-state index in [-0.39, 0.29) is 31.4 Å². The number of benzene rings is 1. The van der Waals surface area contributed by atoms with E-state index in [1.807, 2.05) is 70.1 Å². The molecule has 17 heteroatoms. The van der Waals surface area contributed by atoms with Gasteiger partial charge < -0.3 is 63.4 Å². The Bertz CT molecular complexity index is 2010. The van der Waals surface area contributed by atoms with Gasteiger partial charge in [-0.2, -0.15) is 0 Å². The molecule has 18 atom stereocenters. The van der Waals surface area contributed by atoms with Crippen molar-refractivity contribution in [2.24, 2.45) is 17.8 Å². The molecule has 3 aliphatic heterocycles. The van der Waals surface area contributed by atoms with E-state index in [0.717, 1.165) is 16.5 Å². The molecule has 0 aliphatic carbocycles. The minimum Gasteiger partial charge on any atom is -0.459 e. The molecular weight excluding hydrogens is 867 g/mol. The molecule has 4 heterocycles. The number of carbonyl (C=O) groups is 3. The fraction of sp³-hybridized carbons (Fsp3) is 0.720. The number of pyridine rings is 1. The van der Waals surface area contributed by atoms with Crippen molar-refractivity contribution in [2.45, 2.75) is 185 Å². The Morgan fingerprint density at radius 1 is 0.925 bits per heavy atom. The molecule has 3 aliphatic rings. The number of para-hydroxylation sites is 1. The number of nitrogens with one attached hydrogen (secondary N) is 1. The van der Waals surface area contributed by atoms with Crippen molar-refractivity contribution in [1.82, 2.24) is 15.2 Å². The van der Waals surface area contributed by atoms with Crippen LogP contribution in [0.15, 0.2) is 42.6 Å². The number of ether oxygens (including phenoxy) is 8. The molecule has 3 fully saturated rings. The van der Waals surface area contributed by atoms with Crippen LogP contribution in [0, 0.1) is 17.8 Å². The van der Waals surface area contributed by atoms with Crippen LogP contribution in [0.1, 0.15) is 100 Å². The third-order valence-corrected chi connectivity index (χ3v) is 14.4. The molecule has 3 saturated heterocycles. The van der Waals surface area contributed by atoms with E-state index in [0.29, 0.717) is 6.42 Å². The van der Waals surface area contributed by atoms with Crippen molar-refractivity contribution in [2.75, 3.05) is 28.3 Å². The summed E-state index contributed by atoms with van der Waals surface area (Å²) in [7, 11) is 6.78. The Balaban J connectivity index is 1.53. The molecular formula is C50H77N3O14. The number of methoxy groups -OCH3 is 2. The number of rotatable bonds is 11. The van der Waals surface area contributed by atoms with Gasteiger partial charge in [0.2, 0.25) is 5.91 Å². The summed E-state index contributed by atoms with van der Waals surface area (Å²) in [6.07, 6.45) is -4.64. The van der Waals surface area contributed by atoms with Gasteiger partial charge in [0.1, 0.15) is 23.4 Å². The second-order valence-electron chi connectivity index (χ2n) is 19.9. The summed E-state index contributed by atoms with van der Waals surface area (Å²) in [5.74, 6) is -4.89. The number of nitrogens with zero attached hydrogens (tertiary/aromatic N) is 2. The molecule has 2 aromatic rings. The van der Waals surface area contributed by atoms with Crippen LogP contribution in [0.3, 0.4) is 0 Å². The molecule has 0 unspecified atom stereocenters. The smallest absolute Gasteiger partial charge is 0.331 e. The molecule has 0 spiro atoms. The topological polar surface area (TPSA) is 214 Å². The number of esters is 2. The standard InChI is InChI=1S/C50H77N3O14/c1-15-37-50(10,59)42(56)31(6)45(57)52-27(2)25-48(8,60-13)43(67-47-40(55)36(53(11)12)24-28(3)62-47)29(4)41(30(5)46(58)64-37)66-39-26-49(9,61-14)44(32(7)63-39)65-38(54)21-20-33-22-23-51-35-19-17-16-18-34(33)35/h16-23,27-32,36-37,39-44,47,55-56,59H,15,24-26H2,1-14H3,(H,52,57)/b21-20+/t27-,28-,29+,30-,31-,32+,36+,37-,39+,40-,41+,42-,43-,44+,47+,48-,49-,50-/m1/s1. The normalized spacial score (nSPS) is 40.8. The average molecular weight is 944 g/mol. The summed E-state index contributed by atoms with van der Waals surface area (Å²) in [4.78, 5) is 48.1. The molecule has 0 radical (unpaired) electrons. The first kappa shape index (κ1) is 54.3. The first-order valence-corrected chi connectivity index (χ1v) is 23.6. The molecule has 0 saturated carbocycles. The zero-order valence-electron chi connectivity index (χ0n) is 41.8. The molecule has 1 amide bonds. The summed E-state index contributed by atoms with van der Waals surface area (Å²) in [5, 5.41) is 38.9. The number of hydrogen-bond acceptors (Lipinski definition) is 16. The predicted octanol–water partition coefficient (Wildman–Crippen LogP) is 4.55. The summed E-state index contributed by atoms with van der Waals surface area (Å²) < 4.78 is 51.3. The fourth-order valence-electron chi connectivity index (χ4n) is 10.2. The van der Waals surface area contributed by atoms with Crippen LogP contribution >= 0.6 is 0 Å². The van der Waals surface area contributed by atoms with Gasteiger partial charge >= 0.3 is 11.9 Å². The van der Waals surface area contributed by atoms with Crippen LogP contribution in [0.5, 0.6) is 0 Å². The Morgan fingerprint density at radius 2 is 1.58 bits per heavy atom. The van der Waals surface area contributed by atoms with Crippen molar-refractivity contribution >= 4 is 34.8 Å². The van der Waals surface area contributed by atoms with Gasteiger partial charge in [-0.05, 0) is 106 Å². The molecule has 17 nitrogen and oxygen atoms in total. The van der Waals surface area contributed by atoms with Gasteiger partial charge in [0.05, 0.1) is 53.5 Å². The van der Waals surface area contributed by atoms with E-state index >= 15 is 0 Å². The number of hydrogen-bond donors (Lipinski definition) is 4. The van der Waals surface area contributed by atoms with Crippen molar-refractivity contribution in [1.29, 1.82) is 0 Å². The SMILES string of the molecule is CC[C@H]1OC(=O)[C@H](C)[C@@H](O[C@H]2C[C@@](C)(OC)[C@@H](OC(=O)/C=C/c3ccnc4ccccc34)[C@H](C)O2)[C@H](C)[C@@H](O[C@@H]2O[C@H](C)C[C@H](N(C)C)[C@H]2O)[C@](C)(OC)C[C@@H](C)NC(=O)[C@H](C)[C@@H](O)[C@]1(C)O. The summed E-state index contributed by atoms with van der Waals surface area (Å²) in [5.41, 5.74) is -2.87. The molecule has 4 N–H and O–H groups in total. The highest BCUT2D eigenvalue weighted by Crippen LogP contribution is 2.41. The number of cyclic esters (lactones) is 1. The molecule has 5 rings (SSSR count). The van der Waals surface area contributed by atoms with Gasteiger partial charge in [-0.15, -0.1) is 0 Å². The van der Waals surface area contributed by atoms with Crippen LogP contribution in [0.2, 0.25) is 0 Å². The lowest BCUT2D eigenvalue weighted by Crippen LogP contribution is -2.61. The Hall–Kier alpha value is -3.62. The number of aliphatic hydroxyl groups excluding tert-OH is 2. The number of likely N-dealkylation sites (N-methyl/N-ethyl adjacent to an activating group) is 1. The van der Waals surface area contributed by atoms with E-state index in [4.69, 9.17) is 37.9 Å². The zero-order chi connectivity index (χ0) is 49.8. The number of amides is 1. The van der Waals surface area contributed by atoms with Crippen molar-refractivity contribution in [3.8, 4) is 0 Å². The Morgan fingerprint density at radius 3 is 2.22 bits per heavy atom. The fourth-order valence-corrected chi connectivity index (χ4v) is 10.2. The quantitative estimate of drug-likeness (QED) is 0.180. The van der Waals surface area contributed by atoms with Crippen LogP contribution in [-0.2, 0) is 52.3 Å². The number of aliphatic hydroxyl groups is 3. The minimum absolute atomic E-state index is 0.0501. The summed E-state index contributed by atoms with van der Waals surface area (Å²) >= 11 is 0. The lowest BCUT2D eigenvalue weighted by atomic mass is 9.78. The molecule has 376 valence electrons. The van der Waals surface area contributed by atoms with E-state index in [9.17, 15) is 29.7 Å². The summed E-state index contributed by atoms with van der Waals surface area (Å²) in [6.45, 7) is 17.1. The third kappa shape index (κ3) is 12.2. The second kappa shape index (κ2) is 22.4. The maximum atomic E-state index is 14.6. The molecule has 67 heavy (non-hydrogen) atoms. The van der Waals surface area contributed by atoms with Crippen molar-refractivity contribution in [3.05, 3.63) is 48.2 Å². The Labute approximate surface area is 396 Å². The van der Waals surface area contributed by atoms with Crippen molar-refractivity contribution < 1.29 is 67.6 Å². The van der Waals surface area contributed by atoms with E-state index < -0.39 is 114 Å². The third-order valence-electron chi connectivity index (χ3n) is 14.4. The van der Waals surface area contributed by atoms with Gasteiger partial charge in [0.25, 0.3) is 0 Å². The molecule has 0 bridgehead atoms. The van der Waals surface area contributed by atoms with Gasteiger partial charge in [-0.3, -0.25) is 14.6 Å². The summed E-state index contributed by atoms with van der Waals surface area (Å²) in [6, 6.07) is 8.53. The molecule has 1 aromatic carbocycles. The van der Waals surface area contributed by atoms with Gasteiger partial charge in [-0.25, -0.2) is 4.79 Å². The average Bonchev–Trinajstić information content (AvgIpc) is 3.28. The van der Waals surface area contributed by atoms with E-state index in [2.05, 4.69) is 10.3 Å². The largest absolute Gasteiger partial charge is 0.459 e. The minimum atomic E-state index is -2.04. The van der Waals surface area contributed by atoms with Crippen LogP contribution in [0.25, 0.3) is 17.0 Å². The number of carbonyl (C=O) groups excluding carboxylic acids is 3.